The number of piperidine rings is 2. The van der Waals surface area contributed by atoms with Crippen molar-refractivity contribution in [1.29, 1.82) is 0 Å². The van der Waals surface area contributed by atoms with E-state index in [2.05, 4.69) is 126 Å². The molecule has 0 bridgehead atoms. The van der Waals surface area contributed by atoms with Gasteiger partial charge in [0.2, 0.25) is 0 Å². The largest absolute Gasteiger partial charge is 0.241 e. The lowest BCUT2D eigenvalue weighted by Crippen LogP contribution is -2.53. The van der Waals surface area contributed by atoms with Gasteiger partial charge in [-0.15, -0.1) is 20.4 Å². The molecule has 4 atom stereocenters. The molecule has 44 heavy (non-hydrogen) atoms. The Labute approximate surface area is 256 Å². The van der Waals surface area contributed by atoms with Crippen LogP contribution in [0.3, 0.4) is 0 Å². The molecule has 222 valence electrons. The summed E-state index contributed by atoms with van der Waals surface area (Å²) in [5.41, 5.74) is 2.47. The summed E-state index contributed by atoms with van der Waals surface area (Å²) in [6.45, 7) is 4.02. The molecular formula is C34H36N10. The minimum Gasteiger partial charge on any atom is -0.241 e. The van der Waals surface area contributed by atoms with Crippen LogP contribution in [-0.2, 0) is 0 Å². The van der Waals surface area contributed by atoms with Crippen LogP contribution < -0.4 is 0 Å². The van der Waals surface area contributed by atoms with Crippen molar-refractivity contribution in [1.82, 2.24) is 50.4 Å². The molecular weight excluding hydrogens is 548 g/mol. The Morgan fingerprint density at radius 3 is 1.43 bits per heavy atom. The molecule has 4 heterocycles. The Morgan fingerprint density at radius 2 is 1.00 bits per heavy atom. The molecule has 0 aliphatic carbocycles. The van der Waals surface area contributed by atoms with E-state index in [1.807, 2.05) is 9.59 Å². The minimum atomic E-state index is 0.0233. The third-order valence-electron chi connectivity index (χ3n) is 9.62. The summed E-state index contributed by atoms with van der Waals surface area (Å²) < 4.78 is 0. The number of fused-ring (bicyclic) bond motifs is 2. The molecule has 10 nitrogen and oxygen atoms in total. The maximum atomic E-state index is 4.54. The van der Waals surface area contributed by atoms with Gasteiger partial charge < -0.3 is 0 Å². The molecule has 2 unspecified atom stereocenters. The van der Waals surface area contributed by atoms with Crippen molar-refractivity contribution in [2.75, 3.05) is 26.2 Å². The Balaban J connectivity index is 1.06. The van der Waals surface area contributed by atoms with E-state index in [-0.39, 0.29) is 12.1 Å². The van der Waals surface area contributed by atoms with Crippen LogP contribution in [0.2, 0.25) is 0 Å². The Hall–Kier alpha value is -4.54. The third-order valence-corrected chi connectivity index (χ3v) is 9.62. The molecule has 0 radical (unpaired) electrons. The Kier molecular flexibility index (Phi) is 7.29. The van der Waals surface area contributed by atoms with Crippen LogP contribution in [0.15, 0.2) is 97.6 Å². The first-order valence-electron chi connectivity index (χ1n) is 15.7. The average molecular weight is 585 g/mol. The zero-order valence-corrected chi connectivity index (χ0v) is 24.7. The van der Waals surface area contributed by atoms with Gasteiger partial charge in [-0.3, -0.25) is 0 Å². The van der Waals surface area contributed by atoms with Crippen molar-refractivity contribution in [3.8, 4) is 0 Å². The van der Waals surface area contributed by atoms with Gasteiger partial charge in [0.1, 0.15) is 12.1 Å². The van der Waals surface area contributed by atoms with Gasteiger partial charge in [0.15, 0.2) is 12.7 Å². The molecule has 2 fully saturated rings. The lowest BCUT2D eigenvalue weighted by molar-refractivity contribution is -0.0888. The van der Waals surface area contributed by atoms with Gasteiger partial charge in [-0.1, -0.05) is 72.8 Å². The van der Waals surface area contributed by atoms with Crippen LogP contribution in [0.4, 0.5) is 0 Å². The summed E-state index contributed by atoms with van der Waals surface area (Å²) in [4.78, 5) is 3.65. The number of benzene rings is 4. The van der Waals surface area contributed by atoms with Gasteiger partial charge in [0.05, 0.1) is 0 Å². The maximum absolute atomic E-state index is 4.54. The standard InChI is InChI=1S/C34H36N10/c1-3-9-27-19-29(15-13-25(27)7-1)33(43-37-23-35-39-43)31-11-5-17-41(21-31)42-18-6-12-32(22-42)34(44-38-24-36-40-44)30-16-14-26-8-2-4-10-28(26)20-30/h1-4,7-10,13-16,19-20,23-24,31-34H,5-6,11-12,17-18,21-22H2/t31-,32+,33?,34?. The van der Waals surface area contributed by atoms with Gasteiger partial charge >= 0.3 is 0 Å². The highest BCUT2D eigenvalue weighted by molar-refractivity contribution is 5.83. The third kappa shape index (κ3) is 5.24. The van der Waals surface area contributed by atoms with Gasteiger partial charge in [-0.05, 0) is 80.9 Å². The number of nitrogens with zero attached hydrogens (tertiary/aromatic N) is 10. The molecule has 6 aromatic rings. The average Bonchev–Trinajstić information content (AvgIpc) is 3.81. The van der Waals surface area contributed by atoms with E-state index >= 15 is 0 Å². The molecule has 10 heteroatoms. The summed E-state index contributed by atoms with van der Waals surface area (Å²) in [5.74, 6) is 0.709. The summed E-state index contributed by atoms with van der Waals surface area (Å²) >= 11 is 0. The quantitative estimate of drug-likeness (QED) is 0.253. The maximum Gasteiger partial charge on any atom is 0.162 e. The van der Waals surface area contributed by atoms with Crippen LogP contribution >= 0.6 is 0 Å². The van der Waals surface area contributed by atoms with Crippen molar-refractivity contribution in [2.24, 2.45) is 11.8 Å². The number of hydrogen-bond donors (Lipinski definition) is 0. The Morgan fingerprint density at radius 1 is 0.545 bits per heavy atom. The monoisotopic (exact) mass is 584 g/mol. The highest BCUT2D eigenvalue weighted by Crippen LogP contribution is 2.37. The molecule has 0 saturated carbocycles. The van der Waals surface area contributed by atoms with Gasteiger partial charge in [-0.2, -0.15) is 9.59 Å². The number of rotatable bonds is 7. The van der Waals surface area contributed by atoms with Crippen molar-refractivity contribution in [3.05, 3.63) is 109 Å². The second-order valence-electron chi connectivity index (χ2n) is 12.2. The molecule has 8 rings (SSSR count). The summed E-state index contributed by atoms with van der Waals surface area (Å²) in [6.07, 6.45) is 7.60. The summed E-state index contributed by atoms with van der Waals surface area (Å²) in [6, 6.07) is 30.6. The molecule has 0 amide bonds. The second kappa shape index (κ2) is 11.9. The minimum absolute atomic E-state index is 0.0233. The Bertz CT molecular complexity index is 1700. The fraction of sp³-hybridized carbons (Fsp3) is 0.353. The first-order chi connectivity index (χ1) is 21.8. The zero-order chi connectivity index (χ0) is 29.3. The lowest BCUT2D eigenvalue weighted by Gasteiger charge is -2.46. The summed E-state index contributed by atoms with van der Waals surface area (Å²) in [7, 11) is 0. The van der Waals surface area contributed by atoms with E-state index in [1.54, 1.807) is 12.7 Å². The van der Waals surface area contributed by atoms with Crippen molar-refractivity contribution < 1.29 is 0 Å². The normalized spacial score (nSPS) is 21.5. The molecule has 0 N–H and O–H groups in total. The van der Waals surface area contributed by atoms with E-state index in [0.29, 0.717) is 11.8 Å². The van der Waals surface area contributed by atoms with E-state index < -0.39 is 0 Å². The fourth-order valence-electron chi connectivity index (χ4n) is 7.58. The molecule has 4 aromatic carbocycles. The van der Waals surface area contributed by atoms with E-state index in [1.165, 1.54) is 32.7 Å². The number of hydrazine groups is 1. The number of tetrazole rings is 2. The molecule has 2 aliphatic heterocycles. The zero-order valence-electron chi connectivity index (χ0n) is 24.7. The SMILES string of the molecule is c1ccc2cc(C([C@@H]3CCCN(N4CCC[C@H](C(c5ccc6ccccc6c5)n5ncnn5)C4)C3)n3ncnn3)ccc2c1. The van der Waals surface area contributed by atoms with Crippen LogP contribution in [0.25, 0.3) is 21.5 Å². The first kappa shape index (κ1) is 27.0. The van der Waals surface area contributed by atoms with Crippen LogP contribution in [0.5, 0.6) is 0 Å². The number of hydrogen-bond acceptors (Lipinski definition) is 8. The van der Waals surface area contributed by atoms with Gasteiger partial charge in [0.25, 0.3) is 0 Å². The number of aromatic nitrogens is 8. The smallest absolute Gasteiger partial charge is 0.162 e. The summed E-state index contributed by atoms with van der Waals surface area (Å²) in [5, 5.41) is 36.2. The molecule has 0 spiro atoms. The van der Waals surface area contributed by atoms with E-state index in [0.717, 1.165) is 51.9 Å². The van der Waals surface area contributed by atoms with Crippen LogP contribution in [-0.4, -0.2) is 76.6 Å². The topological polar surface area (TPSA) is 93.7 Å². The highest BCUT2D eigenvalue weighted by atomic mass is 15.6. The van der Waals surface area contributed by atoms with Gasteiger partial charge in [-0.25, -0.2) is 10.0 Å². The molecule has 2 aliphatic rings. The lowest BCUT2D eigenvalue weighted by atomic mass is 9.85. The highest BCUT2D eigenvalue weighted by Gasteiger charge is 2.37. The molecule has 2 aromatic heterocycles. The van der Waals surface area contributed by atoms with Crippen LogP contribution in [0, 0.1) is 11.8 Å². The predicted octanol–water partition coefficient (Wildman–Crippen LogP) is 5.18. The second-order valence-corrected chi connectivity index (χ2v) is 12.2. The van der Waals surface area contributed by atoms with Crippen LogP contribution in [0.1, 0.15) is 48.9 Å². The van der Waals surface area contributed by atoms with E-state index in [4.69, 9.17) is 0 Å². The van der Waals surface area contributed by atoms with Crippen molar-refractivity contribution in [3.63, 3.8) is 0 Å². The van der Waals surface area contributed by atoms with Crippen molar-refractivity contribution >= 4 is 21.5 Å². The predicted molar refractivity (Wildman–Crippen MR) is 168 cm³/mol. The molecule has 2 saturated heterocycles. The first-order valence-corrected chi connectivity index (χ1v) is 15.7. The van der Waals surface area contributed by atoms with Gasteiger partial charge in [0, 0.05) is 38.0 Å². The van der Waals surface area contributed by atoms with E-state index in [9.17, 15) is 0 Å². The van der Waals surface area contributed by atoms with Crippen molar-refractivity contribution in [2.45, 2.75) is 37.8 Å². The fourth-order valence-corrected chi connectivity index (χ4v) is 7.58.